The molecule has 2 saturated carbocycles. The first kappa shape index (κ1) is 16.5. The molecule has 0 unspecified atom stereocenters. The number of hydrogen-bond acceptors (Lipinski definition) is 5. The molecule has 0 aromatic carbocycles. The SMILES string of the molecule is C[C@H]1C[C@H](N)CC[C@H]1Nc1ncc(Cl)c(-c2cnn3c2CC2(CC2)C3)n1. The van der Waals surface area contributed by atoms with E-state index in [9.17, 15) is 0 Å². The van der Waals surface area contributed by atoms with Gasteiger partial charge in [0.25, 0.3) is 0 Å². The Morgan fingerprint density at radius 3 is 2.92 bits per heavy atom. The summed E-state index contributed by atoms with van der Waals surface area (Å²) < 4.78 is 2.14. The molecule has 1 spiro atoms. The largest absolute Gasteiger partial charge is 0.351 e. The number of anilines is 1. The van der Waals surface area contributed by atoms with Gasteiger partial charge in [-0.05, 0) is 49.9 Å². The van der Waals surface area contributed by atoms with Crippen molar-refractivity contribution >= 4 is 17.5 Å². The lowest BCUT2D eigenvalue weighted by Gasteiger charge is -2.33. The summed E-state index contributed by atoms with van der Waals surface area (Å²) in [5.41, 5.74) is 9.67. The number of nitrogens with zero attached hydrogens (tertiary/aromatic N) is 4. The van der Waals surface area contributed by atoms with Crippen LogP contribution < -0.4 is 11.1 Å². The highest BCUT2D eigenvalue weighted by atomic mass is 35.5. The topological polar surface area (TPSA) is 81.6 Å². The normalized spacial score (nSPS) is 29.0. The third-order valence-electron chi connectivity index (χ3n) is 6.46. The second-order valence-electron chi connectivity index (χ2n) is 8.53. The minimum Gasteiger partial charge on any atom is -0.351 e. The second-order valence-corrected chi connectivity index (χ2v) is 8.94. The summed E-state index contributed by atoms with van der Waals surface area (Å²) in [7, 11) is 0. The maximum atomic E-state index is 6.46. The van der Waals surface area contributed by atoms with E-state index in [1.165, 1.54) is 18.5 Å². The van der Waals surface area contributed by atoms with Crippen molar-refractivity contribution in [1.29, 1.82) is 0 Å². The molecule has 1 aliphatic heterocycles. The van der Waals surface area contributed by atoms with Crippen LogP contribution >= 0.6 is 11.6 Å². The van der Waals surface area contributed by atoms with Gasteiger partial charge < -0.3 is 11.1 Å². The first-order valence-corrected chi connectivity index (χ1v) is 10.0. The lowest BCUT2D eigenvalue weighted by molar-refractivity contribution is 0.314. The molecule has 7 heteroatoms. The van der Waals surface area contributed by atoms with Gasteiger partial charge in [-0.3, -0.25) is 4.68 Å². The summed E-state index contributed by atoms with van der Waals surface area (Å²) in [5, 5.41) is 8.68. The molecule has 0 amide bonds. The average molecular weight is 373 g/mol. The molecule has 3 atom stereocenters. The molecule has 5 rings (SSSR count). The number of rotatable bonds is 3. The summed E-state index contributed by atoms with van der Waals surface area (Å²) in [5.74, 6) is 1.16. The van der Waals surface area contributed by atoms with Crippen LogP contribution in [0.25, 0.3) is 11.3 Å². The van der Waals surface area contributed by atoms with E-state index >= 15 is 0 Å². The van der Waals surface area contributed by atoms with Crippen LogP contribution in [0.5, 0.6) is 0 Å². The lowest BCUT2D eigenvalue weighted by Crippen LogP contribution is -2.39. The van der Waals surface area contributed by atoms with Crippen molar-refractivity contribution in [3.63, 3.8) is 0 Å². The van der Waals surface area contributed by atoms with E-state index in [1.54, 1.807) is 6.20 Å². The Bertz CT molecular complexity index is 843. The van der Waals surface area contributed by atoms with Crippen molar-refractivity contribution in [1.82, 2.24) is 19.7 Å². The second kappa shape index (κ2) is 5.92. The van der Waals surface area contributed by atoms with Crippen LogP contribution in [0, 0.1) is 11.3 Å². The Hall–Kier alpha value is -1.66. The first-order valence-electron chi connectivity index (χ1n) is 9.63. The van der Waals surface area contributed by atoms with E-state index in [-0.39, 0.29) is 0 Å². The van der Waals surface area contributed by atoms with Crippen molar-refractivity contribution in [2.75, 3.05) is 5.32 Å². The monoisotopic (exact) mass is 372 g/mol. The minimum atomic E-state index is 0.314. The van der Waals surface area contributed by atoms with Crippen LogP contribution in [0.1, 0.15) is 44.7 Å². The molecular weight excluding hydrogens is 348 g/mol. The number of halogens is 1. The van der Waals surface area contributed by atoms with Crippen LogP contribution in [0.3, 0.4) is 0 Å². The van der Waals surface area contributed by atoms with Crippen molar-refractivity contribution in [2.45, 2.75) is 64.1 Å². The molecule has 0 saturated heterocycles. The summed E-state index contributed by atoms with van der Waals surface area (Å²) in [6.45, 7) is 3.28. The van der Waals surface area contributed by atoms with E-state index < -0.39 is 0 Å². The molecule has 26 heavy (non-hydrogen) atoms. The summed E-state index contributed by atoms with van der Waals surface area (Å²) in [4.78, 5) is 9.19. The highest BCUT2D eigenvalue weighted by Gasteiger charge is 2.48. The fourth-order valence-corrected chi connectivity index (χ4v) is 4.81. The van der Waals surface area contributed by atoms with Crippen LogP contribution in [-0.2, 0) is 13.0 Å². The number of hydrogen-bond donors (Lipinski definition) is 2. The molecule has 138 valence electrons. The number of nitrogens with two attached hydrogens (primary N) is 1. The van der Waals surface area contributed by atoms with Crippen molar-refractivity contribution in [2.24, 2.45) is 17.1 Å². The molecule has 3 N–H and O–H groups in total. The minimum absolute atomic E-state index is 0.314. The van der Waals surface area contributed by atoms with Gasteiger partial charge in [-0.1, -0.05) is 18.5 Å². The van der Waals surface area contributed by atoms with Gasteiger partial charge in [0.2, 0.25) is 5.95 Å². The highest BCUT2D eigenvalue weighted by Crippen LogP contribution is 2.54. The van der Waals surface area contributed by atoms with E-state index in [0.29, 0.717) is 34.4 Å². The highest BCUT2D eigenvalue weighted by molar-refractivity contribution is 6.32. The van der Waals surface area contributed by atoms with Crippen LogP contribution in [0.2, 0.25) is 5.02 Å². The van der Waals surface area contributed by atoms with Gasteiger partial charge in [0.05, 0.1) is 23.1 Å². The third-order valence-corrected chi connectivity index (χ3v) is 6.73. The standard InChI is InChI=1S/C19H25ClN6/c1-11-6-12(21)2-3-15(11)24-18-22-9-14(20)17(25-18)13-8-23-26-10-19(4-5-19)7-16(13)26/h8-9,11-12,15H,2-7,10,21H2,1H3,(H,22,24,25)/t11-,12+,15+/m0/s1. The van der Waals surface area contributed by atoms with Gasteiger partial charge in [0.1, 0.15) is 0 Å². The van der Waals surface area contributed by atoms with E-state index in [2.05, 4.69) is 27.0 Å². The van der Waals surface area contributed by atoms with E-state index in [0.717, 1.165) is 43.5 Å². The Morgan fingerprint density at radius 1 is 1.31 bits per heavy atom. The van der Waals surface area contributed by atoms with E-state index in [4.69, 9.17) is 22.3 Å². The maximum absolute atomic E-state index is 6.46. The predicted octanol–water partition coefficient (Wildman–Crippen LogP) is 3.26. The van der Waals surface area contributed by atoms with E-state index in [1.807, 2.05) is 6.20 Å². The predicted molar refractivity (Wildman–Crippen MR) is 102 cm³/mol. The van der Waals surface area contributed by atoms with Crippen molar-refractivity contribution < 1.29 is 0 Å². The molecule has 0 bridgehead atoms. The molecule has 3 aliphatic rings. The molecule has 3 heterocycles. The zero-order valence-corrected chi connectivity index (χ0v) is 15.8. The van der Waals surface area contributed by atoms with Crippen molar-refractivity contribution in [3.05, 3.63) is 23.1 Å². The van der Waals surface area contributed by atoms with Gasteiger partial charge in [0.15, 0.2) is 0 Å². The molecule has 2 aromatic heterocycles. The Morgan fingerprint density at radius 2 is 2.15 bits per heavy atom. The smallest absolute Gasteiger partial charge is 0.223 e. The third kappa shape index (κ3) is 2.79. The Labute approximate surface area is 158 Å². The Balaban J connectivity index is 1.42. The van der Waals surface area contributed by atoms with Crippen molar-refractivity contribution in [3.8, 4) is 11.3 Å². The van der Waals surface area contributed by atoms with Gasteiger partial charge in [-0.2, -0.15) is 5.10 Å². The zero-order valence-electron chi connectivity index (χ0n) is 15.1. The summed E-state index contributed by atoms with van der Waals surface area (Å²) in [6, 6.07) is 0.672. The Kier molecular flexibility index (Phi) is 3.76. The summed E-state index contributed by atoms with van der Waals surface area (Å²) in [6.07, 6.45) is 10.4. The molecule has 2 aliphatic carbocycles. The van der Waals surface area contributed by atoms with Gasteiger partial charge >= 0.3 is 0 Å². The lowest BCUT2D eigenvalue weighted by atomic mass is 9.83. The van der Waals surface area contributed by atoms with Gasteiger partial charge in [0, 0.05) is 29.9 Å². The molecule has 6 nitrogen and oxygen atoms in total. The fourth-order valence-electron chi connectivity index (χ4n) is 4.62. The van der Waals surface area contributed by atoms with Crippen LogP contribution in [-0.4, -0.2) is 31.8 Å². The van der Waals surface area contributed by atoms with Gasteiger partial charge in [-0.25, -0.2) is 9.97 Å². The first-order chi connectivity index (χ1) is 12.5. The zero-order chi connectivity index (χ0) is 17.9. The average Bonchev–Trinajstić information content (AvgIpc) is 3.10. The quantitative estimate of drug-likeness (QED) is 0.864. The number of nitrogens with one attached hydrogen (secondary N) is 1. The number of fused-ring (bicyclic) bond motifs is 1. The molecule has 0 radical (unpaired) electrons. The van der Waals surface area contributed by atoms with Gasteiger partial charge in [-0.15, -0.1) is 0 Å². The fraction of sp³-hybridized carbons (Fsp3) is 0.632. The number of aromatic nitrogens is 4. The van der Waals surface area contributed by atoms with Crippen LogP contribution in [0.4, 0.5) is 5.95 Å². The maximum Gasteiger partial charge on any atom is 0.223 e. The molecular formula is C19H25ClN6. The molecule has 2 fully saturated rings. The molecule has 2 aromatic rings. The summed E-state index contributed by atoms with van der Waals surface area (Å²) >= 11 is 6.46. The van der Waals surface area contributed by atoms with Crippen LogP contribution in [0.15, 0.2) is 12.4 Å².